The second kappa shape index (κ2) is 10.7. The second-order valence-corrected chi connectivity index (χ2v) is 11.9. The van der Waals surface area contributed by atoms with Crippen molar-refractivity contribution in [3.63, 3.8) is 0 Å². The fourth-order valence-corrected chi connectivity index (χ4v) is 4.86. The smallest absolute Gasteiger partial charge is 0.252 e. The number of rotatable bonds is 7. The topological polar surface area (TPSA) is 76.1 Å². The molecule has 5 nitrogen and oxygen atoms in total. The molecule has 0 bridgehead atoms. The van der Waals surface area contributed by atoms with Crippen LogP contribution in [-0.4, -0.2) is 31.6 Å². The van der Waals surface area contributed by atoms with E-state index in [-0.39, 0.29) is 16.8 Å². The van der Waals surface area contributed by atoms with E-state index in [2.05, 4.69) is 54.5 Å². The molecule has 1 aromatic heterocycles. The van der Waals surface area contributed by atoms with Crippen molar-refractivity contribution in [2.75, 3.05) is 6.26 Å². The van der Waals surface area contributed by atoms with Gasteiger partial charge in [-0.3, -0.25) is 9.78 Å². The summed E-state index contributed by atoms with van der Waals surface area (Å²) in [5.41, 5.74) is 6.19. The first-order valence-corrected chi connectivity index (χ1v) is 14.2. The van der Waals surface area contributed by atoms with Gasteiger partial charge in [-0.05, 0) is 84.5 Å². The van der Waals surface area contributed by atoms with Crippen LogP contribution in [0.2, 0.25) is 0 Å². The predicted octanol–water partition coefficient (Wildman–Crippen LogP) is 6.49. The molecule has 0 spiro atoms. The number of benzene rings is 3. The van der Waals surface area contributed by atoms with Crippen LogP contribution in [0, 0.1) is 0 Å². The Morgan fingerprint density at radius 1 is 0.919 bits per heavy atom. The lowest BCUT2D eigenvalue weighted by atomic mass is 9.93. The number of sulfone groups is 1. The highest BCUT2D eigenvalue weighted by Crippen LogP contribution is 2.32. The van der Waals surface area contributed by atoms with Gasteiger partial charge in [0.25, 0.3) is 5.91 Å². The predicted molar refractivity (Wildman–Crippen MR) is 152 cm³/mol. The number of carbonyl (C=O) groups is 1. The number of hydrogen-bond donors (Lipinski definition) is 1. The molecule has 0 saturated heterocycles. The van der Waals surface area contributed by atoms with Gasteiger partial charge >= 0.3 is 0 Å². The minimum Gasteiger partial charge on any atom is -0.350 e. The summed E-state index contributed by atoms with van der Waals surface area (Å²) in [7, 11) is -3.33. The standard InChI is InChI=1S/C31H32N2O3S/c1-20(2)26-18-25-10-7-15-32-30(25)28(19-26)24-9-6-8-22(16-24)17-29(31(34)33-21(3)4)23-11-13-27(14-12-23)37(5,35)36/h6-21H,1-5H3,(H,33,34)/b29-17+. The van der Waals surface area contributed by atoms with Crippen LogP contribution in [0.25, 0.3) is 33.7 Å². The van der Waals surface area contributed by atoms with E-state index in [1.54, 1.807) is 18.3 Å². The van der Waals surface area contributed by atoms with E-state index in [9.17, 15) is 13.2 Å². The van der Waals surface area contributed by atoms with Gasteiger partial charge < -0.3 is 5.32 Å². The fourth-order valence-electron chi connectivity index (χ4n) is 4.23. The van der Waals surface area contributed by atoms with Crippen molar-refractivity contribution >= 4 is 38.3 Å². The average Bonchev–Trinajstić information content (AvgIpc) is 2.86. The third-order valence-corrected chi connectivity index (χ3v) is 7.29. The third kappa shape index (κ3) is 6.15. The van der Waals surface area contributed by atoms with Crippen molar-refractivity contribution < 1.29 is 13.2 Å². The molecule has 0 fully saturated rings. The fraction of sp³-hybridized carbons (Fsp3) is 0.226. The SMILES string of the molecule is CC(C)NC(=O)/C(=C/c1cccc(-c2cc(C(C)C)cc3cccnc23)c1)c1ccc(S(C)(=O)=O)cc1. The zero-order valence-corrected chi connectivity index (χ0v) is 22.6. The van der Waals surface area contributed by atoms with Crippen molar-refractivity contribution in [1.82, 2.24) is 10.3 Å². The first kappa shape index (κ1) is 26.3. The number of fused-ring (bicyclic) bond motifs is 1. The molecule has 1 N–H and O–H groups in total. The van der Waals surface area contributed by atoms with Crippen LogP contribution in [0.1, 0.15) is 50.3 Å². The summed E-state index contributed by atoms with van der Waals surface area (Å²) in [4.78, 5) is 18.1. The maximum atomic E-state index is 13.2. The second-order valence-electron chi connectivity index (χ2n) is 9.91. The lowest BCUT2D eigenvalue weighted by Crippen LogP contribution is -2.30. The molecule has 0 aliphatic rings. The van der Waals surface area contributed by atoms with Gasteiger partial charge in [0.1, 0.15) is 0 Å². The molecule has 0 unspecified atom stereocenters. The molecule has 0 radical (unpaired) electrons. The summed E-state index contributed by atoms with van der Waals surface area (Å²) < 4.78 is 23.8. The van der Waals surface area contributed by atoms with Gasteiger partial charge in [-0.25, -0.2) is 8.42 Å². The molecule has 0 aliphatic heterocycles. The van der Waals surface area contributed by atoms with Crippen LogP contribution < -0.4 is 5.32 Å². The maximum absolute atomic E-state index is 13.2. The first-order valence-electron chi connectivity index (χ1n) is 12.3. The van der Waals surface area contributed by atoms with Crippen molar-refractivity contribution in [2.45, 2.75) is 44.6 Å². The van der Waals surface area contributed by atoms with Gasteiger partial charge in [-0.1, -0.05) is 50.2 Å². The van der Waals surface area contributed by atoms with Gasteiger partial charge in [0, 0.05) is 35.0 Å². The molecule has 1 heterocycles. The summed E-state index contributed by atoms with van der Waals surface area (Å²) in [6.07, 6.45) is 4.82. The van der Waals surface area contributed by atoms with Gasteiger partial charge in [0.2, 0.25) is 0 Å². The highest BCUT2D eigenvalue weighted by Gasteiger charge is 2.16. The summed E-state index contributed by atoms with van der Waals surface area (Å²) in [6.45, 7) is 8.16. The maximum Gasteiger partial charge on any atom is 0.252 e. The van der Waals surface area contributed by atoms with E-state index in [0.717, 1.165) is 27.6 Å². The molecule has 3 aromatic carbocycles. The number of hydrogen-bond acceptors (Lipinski definition) is 4. The van der Waals surface area contributed by atoms with E-state index in [0.29, 0.717) is 17.1 Å². The molecular weight excluding hydrogens is 480 g/mol. The van der Waals surface area contributed by atoms with Crippen molar-refractivity contribution in [1.29, 1.82) is 0 Å². The van der Waals surface area contributed by atoms with Crippen molar-refractivity contribution in [2.24, 2.45) is 0 Å². The normalized spacial score (nSPS) is 12.4. The molecule has 4 rings (SSSR count). The number of nitrogens with zero attached hydrogens (tertiary/aromatic N) is 1. The largest absolute Gasteiger partial charge is 0.350 e. The Labute approximate surface area is 219 Å². The number of pyridine rings is 1. The summed E-state index contributed by atoms with van der Waals surface area (Å²) >= 11 is 0. The van der Waals surface area contributed by atoms with Gasteiger partial charge in [0.15, 0.2) is 9.84 Å². The van der Waals surface area contributed by atoms with Crippen LogP contribution in [0.4, 0.5) is 0 Å². The lowest BCUT2D eigenvalue weighted by molar-refractivity contribution is -0.116. The van der Waals surface area contributed by atoms with E-state index in [1.165, 1.54) is 24.0 Å². The zero-order chi connectivity index (χ0) is 26.7. The average molecular weight is 513 g/mol. The van der Waals surface area contributed by atoms with Crippen LogP contribution in [0.5, 0.6) is 0 Å². The molecular formula is C31H32N2O3S. The molecule has 0 saturated carbocycles. The number of amides is 1. The molecule has 4 aromatic rings. The third-order valence-electron chi connectivity index (χ3n) is 6.16. The molecule has 37 heavy (non-hydrogen) atoms. The summed E-state index contributed by atoms with van der Waals surface area (Å²) in [6, 6.07) is 22.8. The number of aromatic nitrogens is 1. The first-order chi connectivity index (χ1) is 17.5. The van der Waals surface area contributed by atoms with Crippen molar-refractivity contribution in [3.05, 3.63) is 95.7 Å². The molecule has 0 atom stereocenters. The van der Waals surface area contributed by atoms with E-state index in [4.69, 9.17) is 0 Å². The van der Waals surface area contributed by atoms with Gasteiger partial charge in [0.05, 0.1) is 10.4 Å². The van der Waals surface area contributed by atoms with E-state index < -0.39 is 9.84 Å². The Kier molecular flexibility index (Phi) is 7.60. The lowest BCUT2D eigenvalue weighted by Gasteiger charge is -2.14. The summed E-state index contributed by atoms with van der Waals surface area (Å²) in [5.74, 6) is 0.147. The Bertz CT molecular complexity index is 1580. The summed E-state index contributed by atoms with van der Waals surface area (Å²) in [5, 5.41) is 4.05. The molecule has 6 heteroatoms. The van der Waals surface area contributed by atoms with Gasteiger partial charge in [-0.2, -0.15) is 0 Å². The van der Waals surface area contributed by atoms with Crippen LogP contribution in [0.3, 0.4) is 0 Å². The van der Waals surface area contributed by atoms with Crippen molar-refractivity contribution in [3.8, 4) is 11.1 Å². The number of carbonyl (C=O) groups excluding carboxylic acids is 1. The minimum absolute atomic E-state index is 0.0475. The van der Waals surface area contributed by atoms with Crippen LogP contribution in [0.15, 0.2) is 83.9 Å². The Morgan fingerprint density at radius 3 is 2.30 bits per heavy atom. The number of nitrogens with one attached hydrogen (secondary N) is 1. The Hall–Kier alpha value is -3.77. The van der Waals surface area contributed by atoms with Crippen LogP contribution in [-0.2, 0) is 14.6 Å². The molecule has 190 valence electrons. The van der Waals surface area contributed by atoms with E-state index >= 15 is 0 Å². The molecule has 0 aliphatic carbocycles. The minimum atomic E-state index is -3.33. The monoisotopic (exact) mass is 512 g/mol. The van der Waals surface area contributed by atoms with E-state index in [1.807, 2.05) is 38.1 Å². The Balaban J connectivity index is 1.84. The molecule has 1 amide bonds. The highest BCUT2D eigenvalue weighted by atomic mass is 32.2. The Morgan fingerprint density at radius 2 is 1.65 bits per heavy atom. The van der Waals surface area contributed by atoms with Gasteiger partial charge in [-0.15, -0.1) is 0 Å². The van der Waals surface area contributed by atoms with Crippen LogP contribution >= 0.6 is 0 Å². The quantitative estimate of drug-likeness (QED) is 0.227. The highest BCUT2D eigenvalue weighted by molar-refractivity contribution is 7.90. The zero-order valence-electron chi connectivity index (χ0n) is 21.8.